The van der Waals surface area contributed by atoms with Gasteiger partial charge in [0.2, 0.25) is 5.91 Å². The van der Waals surface area contributed by atoms with E-state index in [1.165, 1.54) is 6.42 Å². The number of rotatable bonds is 4. The molecule has 0 bridgehead atoms. The Balaban J connectivity index is 2.48. The average Bonchev–Trinajstić information content (AvgIpc) is 2.28. The van der Waals surface area contributed by atoms with Crippen LogP contribution in [0.5, 0.6) is 0 Å². The minimum Gasteiger partial charge on any atom is -0.394 e. The van der Waals surface area contributed by atoms with Crippen molar-refractivity contribution in [3.05, 3.63) is 0 Å². The van der Waals surface area contributed by atoms with Gasteiger partial charge >= 0.3 is 0 Å². The first-order valence-electron chi connectivity index (χ1n) is 6.46. The SMILES string of the molecule is CC1CCCN(C(=O)CN(C)C(C)(C)CO)C1. The fourth-order valence-corrected chi connectivity index (χ4v) is 2.05. The monoisotopic (exact) mass is 242 g/mol. The molecule has 0 spiro atoms. The Bertz CT molecular complexity index is 266. The van der Waals surface area contributed by atoms with Crippen LogP contribution in [-0.2, 0) is 4.79 Å². The van der Waals surface area contributed by atoms with Gasteiger partial charge < -0.3 is 10.0 Å². The Morgan fingerprint density at radius 1 is 1.53 bits per heavy atom. The largest absolute Gasteiger partial charge is 0.394 e. The molecule has 1 atom stereocenters. The van der Waals surface area contributed by atoms with E-state index >= 15 is 0 Å². The summed E-state index contributed by atoms with van der Waals surface area (Å²) in [7, 11) is 1.89. The van der Waals surface area contributed by atoms with E-state index in [4.69, 9.17) is 0 Å². The van der Waals surface area contributed by atoms with Gasteiger partial charge in [-0.05, 0) is 39.7 Å². The lowest BCUT2D eigenvalue weighted by Crippen LogP contribution is -2.51. The Hall–Kier alpha value is -0.610. The maximum atomic E-state index is 12.1. The van der Waals surface area contributed by atoms with Crippen LogP contribution in [0.25, 0.3) is 0 Å². The first kappa shape index (κ1) is 14.5. The van der Waals surface area contributed by atoms with Crippen molar-refractivity contribution in [2.24, 2.45) is 5.92 Å². The van der Waals surface area contributed by atoms with Crippen molar-refractivity contribution in [3.63, 3.8) is 0 Å². The molecule has 1 aliphatic heterocycles. The van der Waals surface area contributed by atoms with Crippen molar-refractivity contribution >= 4 is 5.91 Å². The van der Waals surface area contributed by atoms with Crippen molar-refractivity contribution in [3.8, 4) is 0 Å². The zero-order valence-corrected chi connectivity index (χ0v) is 11.6. The summed E-state index contributed by atoms with van der Waals surface area (Å²) < 4.78 is 0. The molecule has 0 aromatic heterocycles. The highest BCUT2D eigenvalue weighted by atomic mass is 16.3. The third kappa shape index (κ3) is 3.96. The summed E-state index contributed by atoms with van der Waals surface area (Å²) in [6.45, 7) is 8.30. The van der Waals surface area contributed by atoms with Gasteiger partial charge in [0.05, 0.1) is 13.2 Å². The minimum absolute atomic E-state index is 0.0627. The predicted octanol–water partition coefficient (Wildman–Crippen LogP) is 0.948. The van der Waals surface area contributed by atoms with Gasteiger partial charge in [-0.3, -0.25) is 9.69 Å². The number of amides is 1. The standard InChI is InChI=1S/C13H26N2O2/c1-11-6-5-7-15(8-11)12(17)9-14(4)13(2,3)10-16/h11,16H,5-10H2,1-4H3. The van der Waals surface area contributed by atoms with Crippen LogP contribution in [0.4, 0.5) is 0 Å². The molecule has 1 aliphatic rings. The molecule has 0 aliphatic carbocycles. The average molecular weight is 242 g/mol. The summed E-state index contributed by atoms with van der Waals surface area (Å²) in [5.41, 5.74) is -0.336. The molecule has 1 heterocycles. The molecule has 17 heavy (non-hydrogen) atoms. The van der Waals surface area contributed by atoms with Gasteiger partial charge in [0.25, 0.3) is 0 Å². The van der Waals surface area contributed by atoms with Gasteiger partial charge in [0, 0.05) is 18.6 Å². The van der Waals surface area contributed by atoms with Gasteiger partial charge in [-0.25, -0.2) is 0 Å². The summed E-state index contributed by atoms with van der Waals surface area (Å²) in [5.74, 6) is 0.796. The van der Waals surface area contributed by atoms with Crippen LogP contribution in [0.3, 0.4) is 0 Å². The minimum atomic E-state index is -0.336. The molecule has 1 saturated heterocycles. The molecule has 1 rings (SSSR count). The second-order valence-electron chi connectivity index (χ2n) is 5.91. The third-order valence-electron chi connectivity index (χ3n) is 3.80. The topological polar surface area (TPSA) is 43.8 Å². The molecule has 0 radical (unpaired) electrons. The molecule has 4 heteroatoms. The van der Waals surface area contributed by atoms with E-state index in [1.807, 2.05) is 30.7 Å². The lowest BCUT2D eigenvalue weighted by atomic mass is 10.00. The Morgan fingerprint density at radius 2 is 2.18 bits per heavy atom. The third-order valence-corrected chi connectivity index (χ3v) is 3.80. The summed E-state index contributed by atoms with van der Waals surface area (Å²) >= 11 is 0. The first-order chi connectivity index (χ1) is 7.86. The number of aliphatic hydroxyl groups is 1. The van der Waals surface area contributed by atoms with Crippen LogP contribution in [-0.4, -0.2) is 59.6 Å². The number of aliphatic hydroxyl groups excluding tert-OH is 1. The van der Waals surface area contributed by atoms with Crippen LogP contribution in [0.15, 0.2) is 0 Å². The molecule has 4 nitrogen and oxygen atoms in total. The second kappa shape index (κ2) is 5.83. The van der Waals surface area contributed by atoms with Crippen LogP contribution >= 0.6 is 0 Å². The highest BCUT2D eigenvalue weighted by molar-refractivity contribution is 5.78. The molecule has 0 aromatic carbocycles. The van der Waals surface area contributed by atoms with E-state index < -0.39 is 0 Å². The summed E-state index contributed by atoms with van der Waals surface area (Å²) in [6.07, 6.45) is 2.34. The van der Waals surface area contributed by atoms with E-state index in [9.17, 15) is 9.90 Å². The lowest BCUT2D eigenvalue weighted by molar-refractivity contribution is -0.135. The molecule has 1 fully saturated rings. The zero-order chi connectivity index (χ0) is 13.1. The summed E-state index contributed by atoms with van der Waals surface area (Å²) in [4.78, 5) is 16.0. The summed E-state index contributed by atoms with van der Waals surface area (Å²) in [5, 5.41) is 9.26. The number of likely N-dealkylation sites (tertiary alicyclic amines) is 1. The normalized spacial score (nSPS) is 22.0. The van der Waals surface area contributed by atoms with Gasteiger partial charge in [0.1, 0.15) is 0 Å². The van der Waals surface area contributed by atoms with Crippen molar-refractivity contribution in [2.45, 2.75) is 39.2 Å². The number of nitrogens with zero attached hydrogens (tertiary/aromatic N) is 2. The quantitative estimate of drug-likeness (QED) is 0.798. The maximum absolute atomic E-state index is 12.1. The molecule has 1 unspecified atom stereocenters. The molecule has 0 saturated carbocycles. The smallest absolute Gasteiger partial charge is 0.236 e. The number of carbonyl (C=O) groups excluding carboxylic acids is 1. The maximum Gasteiger partial charge on any atom is 0.236 e. The van der Waals surface area contributed by atoms with E-state index in [2.05, 4.69) is 6.92 Å². The van der Waals surface area contributed by atoms with Crippen LogP contribution in [0.1, 0.15) is 33.6 Å². The number of likely N-dealkylation sites (N-methyl/N-ethyl adjacent to an activating group) is 1. The molecule has 0 aromatic rings. The molecule has 100 valence electrons. The van der Waals surface area contributed by atoms with Crippen LogP contribution in [0, 0.1) is 5.92 Å². The fraction of sp³-hybridized carbons (Fsp3) is 0.923. The number of piperidine rings is 1. The number of carbonyl (C=O) groups is 1. The molecular formula is C13H26N2O2. The number of hydrogen-bond donors (Lipinski definition) is 1. The van der Waals surface area contributed by atoms with Gasteiger partial charge in [0.15, 0.2) is 0 Å². The second-order valence-corrected chi connectivity index (χ2v) is 5.91. The van der Waals surface area contributed by atoms with Crippen molar-refractivity contribution in [1.29, 1.82) is 0 Å². The van der Waals surface area contributed by atoms with Gasteiger partial charge in [-0.15, -0.1) is 0 Å². The fourth-order valence-electron chi connectivity index (χ4n) is 2.05. The van der Waals surface area contributed by atoms with Crippen LogP contribution in [0.2, 0.25) is 0 Å². The van der Waals surface area contributed by atoms with E-state index in [0.29, 0.717) is 12.5 Å². The molecule has 1 N–H and O–H groups in total. The van der Waals surface area contributed by atoms with E-state index in [1.54, 1.807) is 0 Å². The Kier molecular flexibility index (Phi) is 4.95. The molecule has 1 amide bonds. The number of hydrogen-bond acceptors (Lipinski definition) is 3. The van der Waals surface area contributed by atoms with E-state index in [-0.39, 0.29) is 18.1 Å². The predicted molar refractivity (Wildman–Crippen MR) is 68.8 cm³/mol. The highest BCUT2D eigenvalue weighted by Crippen LogP contribution is 2.17. The highest BCUT2D eigenvalue weighted by Gasteiger charge is 2.27. The summed E-state index contributed by atoms with van der Waals surface area (Å²) in [6, 6.07) is 0. The van der Waals surface area contributed by atoms with E-state index in [0.717, 1.165) is 19.5 Å². The molecular weight excluding hydrogens is 216 g/mol. The van der Waals surface area contributed by atoms with Crippen LogP contribution < -0.4 is 0 Å². The van der Waals surface area contributed by atoms with Crippen molar-refractivity contribution < 1.29 is 9.90 Å². The van der Waals surface area contributed by atoms with Gasteiger partial charge in [-0.2, -0.15) is 0 Å². The lowest BCUT2D eigenvalue weighted by Gasteiger charge is -2.37. The van der Waals surface area contributed by atoms with Crippen molar-refractivity contribution in [1.82, 2.24) is 9.80 Å². The van der Waals surface area contributed by atoms with Gasteiger partial charge in [-0.1, -0.05) is 6.92 Å². The Labute approximate surface area is 105 Å². The zero-order valence-electron chi connectivity index (χ0n) is 11.6. The van der Waals surface area contributed by atoms with Crippen molar-refractivity contribution in [2.75, 3.05) is 33.3 Å². The first-order valence-corrected chi connectivity index (χ1v) is 6.46. The Morgan fingerprint density at radius 3 is 2.71 bits per heavy atom.